The second-order valence-corrected chi connectivity index (χ2v) is 3.56. The fourth-order valence-corrected chi connectivity index (χ4v) is 1.97. The monoisotopic (exact) mass is 173 g/mol. The van der Waals surface area contributed by atoms with E-state index >= 15 is 0 Å². The van der Waals surface area contributed by atoms with Gasteiger partial charge >= 0.3 is 0 Å². The van der Waals surface area contributed by atoms with Crippen LogP contribution in [0.5, 0.6) is 0 Å². The van der Waals surface area contributed by atoms with Gasteiger partial charge < -0.3 is 5.32 Å². The van der Waals surface area contributed by atoms with Crippen molar-refractivity contribution in [2.24, 2.45) is 5.92 Å². The zero-order chi connectivity index (χ0) is 8.27. The van der Waals surface area contributed by atoms with Crippen LogP contribution in [0.2, 0.25) is 0 Å². The highest BCUT2D eigenvalue weighted by Crippen LogP contribution is 2.24. The van der Waals surface area contributed by atoms with Gasteiger partial charge in [0.05, 0.1) is 5.92 Å². The molecule has 1 amide bonds. The molecule has 1 atom stereocenters. The van der Waals surface area contributed by atoms with Crippen LogP contribution >= 0.6 is 11.8 Å². The zero-order valence-electron chi connectivity index (χ0n) is 6.42. The van der Waals surface area contributed by atoms with Crippen molar-refractivity contribution in [3.05, 3.63) is 0 Å². The van der Waals surface area contributed by atoms with Crippen molar-refractivity contribution in [2.75, 3.05) is 12.3 Å². The largest absolute Gasteiger partial charge is 0.356 e. The van der Waals surface area contributed by atoms with Gasteiger partial charge in [-0.25, -0.2) is 0 Å². The minimum absolute atomic E-state index is 0.0193. The van der Waals surface area contributed by atoms with Crippen molar-refractivity contribution in [1.29, 1.82) is 0 Å². The lowest BCUT2D eigenvalue weighted by atomic mass is 10.1. The van der Waals surface area contributed by atoms with Crippen LogP contribution in [-0.4, -0.2) is 23.3 Å². The zero-order valence-corrected chi connectivity index (χ0v) is 7.24. The number of carbonyl (C=O) groups is 2. The molecule has 1 N–H and O–H groups in total. The number of thioether (sulfide) groups is 1. The maximum Gasteiger partial charge on any atom is 0.224 e. The van der Waals surface area contributed by atoms with Crippen LogP contribution < -0.4 is 5.32 Å². The van der Waals surface area contributed by atoms with Gasteiger partial charge in [-0.05, 0) is 6.92 Å². The summed E-state index contributed by atoms with van der Waals surface area (Å²) in [5, 5.41) is 2.84. The average molecular weight is 173 g/mol. The Morgan fingerprint density at radius 1 is 1.82 bits per heavy atom. The molecule has 0 aromatic carbocycles. The fourth-order valence-electron chi connectivity index (χ4n) is 1.000. The predicted octanol–water partition coefficient (Wildman–Crippen LogP) is 0.402. The minimum Gasteiger partial charge on any atom is -0.356 e. The third-order valence-corrected chi connectivity index (χ3v) is 2.64. The molecular weight excluding hydrogens is 162 g/mol. The standard InChI is InChI=1S/C7H11NO2S/c1-2-8-7(10)5-3-6(9)11-4-5/h5H,2-4H2,1H3,(H,8,10). The molecule has 0 aromatic rings. The molecule has 1 saturated heterocycles. The molecule has 1 rings (SSSR count). The van der Waals surface area contributed by atoms with Crippen LogP contribution in [0, 0.1) is 5.92 Å². The fraction of sp³-hybridized carbons (Fsp3) is 0.714. The number of nitrogens with one attached hydrogen (secondary N) is 1. The Bertz CT molecular complexity index is 181. The van der Waals surface area contributed by atoms with Crippen molar-refractivity contribution in [2.45, 2.75) is 13.3 Å². The van der Waals surface area contributed by atoms with Crippen LogP contribution in [0.3, 0.4) is 0 Å². The Hall–Kier alpha value is -0.510. The van der Waals surface area contributed by atoms with Gasteiger partial charge in [-0.2, -0.15) is 0 Å². The Kier molecular flexibility index (Phi) is 2.93. The van der Waals surface area contributed by atoms with Crippen LogP contribution in [-0.2, 0) is 9.59 Å². The van der Waals surface area contributed by atoms with E-state index < -0.39 is 0 Å². The highest BCUT2D eigenvalue weighted by atomic mass is 32.2. The first-order valence-corrected chi connectivity index (χ1v) is 4.66. The van der Waals surface area contributed by atoms with Gasteiger partial charge in [0, 0.05) is 18.7 Å². The van der Waals surface area contributed by atoms with Crippen molar-refractivity contribution >= 4 is 22.8 Å². The molecule has 1 aliphatic heterocycles. The Morgan fingerprint density at radius 3 is 3.00 bits per heavy atom. The number of hydrogen-bond donors (Lipinski definition) is 1. The van der Waals surface area contributed by atoms with Crippen molar-refractivity contribution in [1.82, 2.24) is 5.32 Å². The van der Waals surface area contributed by atoms with Gasteiger partial charge in [0.25, 0.3) is 0 Å². The number of rotatable bonds is 2. The summed E-state index contributed by atoms with van der Waals surface area (Å²) in [5.74, 6) is 0.600. The molecule has 0 aliphatic carbocycles. The highest BCUT2D eigenvalue weighted by Gasteiger charge is 2.28. The van der Waals surface area contributed by atoms with E-state index in [0.29, 0.717) is 18.7 Å². The van der Waals surface area contributed by atoms with Crippen molar-refractivity contribution < 1.29 is 9.59 Å². The van der Waals surface area contributed by atoms with E-state index in [1.54, 1.807) is 0 Å². The maximum atomic E-state index is 11.1. The normalized spacial score (nSPS) is 23.7. The molecule has 1 unspecified atom stereocenters. The molecule has 0 radical (unpaired) electrons. The highest BCUT2D eigenvalue weighted by molar-refractivity contribution is 8.14. The first-order chi connectivity index (χ1) is 5.24. The summed E-state index contributed by atoms with van der Waals surface area (Å²) in [6.07, 6.45) is 0.413. The molecule has 11 heavy (non-hydrogen) atoms. The Labute approximate surface area is 69.9 Å². The molecule has 0 spiro atoms. The quantitative estimate of drug-likeness (QED) is 0.657. The predicted molar refractivity (Wildman–Crippen MR) is 44.3 cm³/mol. The van der Waals surface area contributed by atoms with E-state index in [2.05, 4.69) is 5.32 Å². The van der Waals surface area contributed by atoms with E-state index in [1.807, 2.05) is 6.92 Å². The number of carbonyl (C=O) groups excluding carboxylic acids is 2. The first kappa shape index (κ1) is 8.59. The van der Waals surface area contributed by atoms with Gasteiger partial charge in [-0.3, -0.25) is 9.59 Å². The molecule has 0 saturated carbocycles. The van der Waals surface area contributed by atoms with Crippen LogP contribution in [0.25, 0.3) is 0 Å². The summed E-state index contributed by atoms with van der Waals surface area (Å²) in [6, 6.07) is 0. The second kappa shape index (κ2) is 3.76. The van der Waals surface area contributed by atoms with Crippen LogP contribution in [0.4, 0.5) is 0 Å². The first-order valence-electron chi connectivity index (χ1n) is 3.67. The third kappa shape index (κ3) is 2.22. The summed E-state index contributed by atoms with van der Waals surface area (Å²) in [4.78, 5) is 21.9. The lowest BCUT2D eigenvalue weighted by Crippen LogP contribution is -2.30. The molecule has 0 aromatic heterocycles. The van der Waals surface area contributed by atoms with Gasteiger partial charge in [-0.15, -0.1) is 0 Å². The molecule has 4 heteroatoms. The minimum atomic E-state index is -0.0764. The summed E-state index contributed by atoms with van der Waals surface area (Å²) >= 11 is 1.26. The molecule has 1 fully saturated rings. The molecular formula is C7H11NO2S. The smallest absolute Gasteiger partial charge is 0.224 e. The van der Waals surface area contributed by atoms with Crippen LogP contribution in [0.1, 0.15) is 13.3 Å². The summed E-state index contributed by atoms with van der Waals surface area (Å²) in [6.45, 7) is 2.52. The lowest BCUT2D eigenvalue weighted by molar-refractivity contribution is -0.125. The van der Waals surface area contributed by atoms with Crippen LogP contribution in [0.15, 0.2) is 0 Å². The average Bonchev–Trinajstić information content (AvgIpc) is 2.36. The number of hydrogen-bond acceptors (Lipinski definition) is 3. The topological polar surface area (TPSA) is 46.2 Å². The van der Waals surface area contributed by atoms with Gasteiger partial charge in [0.2, 0.25) is 5.91 Å². The van der Waals surface area contributed by atoms with E-state index in [4.69, 9.17) is 0 Å². The van der Waals surface area contributed by atoms with Crippen molar-refractivity contribution in [3.8, 4) is 0 Å². The van der Waals surface area contributed by atoms with E-state index in [1.165, 1.54) is 11.8 Å². The van der Waals surface area contributed by atoms with E-state index in [-0.39, 0.29) is 16.9 Å². The third-order valence-electron chi connectivity index (χ3n) is 1.58. The Balaban J connectivity index is 2.37. The molecule has 3 nitrogen and oxygen atoms in total. The van der Waals surface area contributed by atoms with E-state index in [9.17, 15) is 9.59 Å². The van der Waals surface area contributed by atoms with Gasteiger partial charge in [-0.1, -0.05) is 11.8 Å². The van der Waals surface area contributed by atoms with Gasteiger partial charge in [0.1, 0.15) is 0 Å². The SMILES string of the molecule is CCNC(=O)C1CSC(=O)C1. The van der Waals surface area contributed by atoms with Gasteiger partial charge in [0.15, 0.2) is 5.12 Å². The molecule has 62 valence electrons. The summed E-state index contributed by atoms with van der Waals surface area (Å²) in [7, 11) is 0. The molecule has 1 heterocycles. The summed E-state index contributed by atoms with van der Waals surface area (Å²) in [5.41, 5.74) is 0. The second-order valence-electron chi connectivity index (χ2n) is 2.48. The Morgan fingerprint density at radius 2 is 2.55 bits per heavy atom. The van der Waals surface area contributed by atoms with E-state index in [0.717, 1.165) is 0 Å². The van der Waals surface area contributed by atoms with Crippen molar-refractivity contribution in [3.63, 3.8) is 0 Å². The number of amides is 1. The maximum absolute atomic E-state index is 11.1. The molecule has 0 bridgehead atoms. The molecule has 1 aliphatic rings. The summed E-state index contributed by atoms with van der Waals surface area (Å²) < 4.78 is 0. The lowest BCUT2D eigenvalue weighted by Gasteiger charge is -2.05.